The molecule has 3 rings (SSSR count). The highest BCUT2D eigenvalue weighted by molar-refractivity contribution is 7.99. The molecule has 2 nitrogen and oxygen atoms in total. The monoisotopic (exact) mass is 322 g/mol. The molecule has 0 bridgehead atoms. The molecule has 0 amide bonds. The lowest BCUT2D eigenvalue weighted by atomic mass is 9.90. The molecule has 1 aromatic carbocycles. The number of hydrogen-bond acceptors (Lipinski definition) is 3. The average Bonchev–Trinajstić information content (AvgIpc) is 3.12. The van der Waals surface area contributed by atoms with E-state index in [4.69, 9.17) is 0 Å². The Morgan fingerprint density at radius 3 is 2.14 bits per heavy atom. The molecule has 2 saturated heterocycles. The van der Waals surface area contributed by atoms with Gasteiger partial charge in [0, 0.05) is 11.8 Å². The van der Waals surface area contributed by atoms with Crippen molar-refractivity contribution in [3.63, 3.8) is 0 Å². The van der Waals surface area contributed by atoms with Crippen LogP contribution < -0.4 is 5.32 Å². The largest absolute Gasteiger partial charge is 0.316 e. The molecule has 1 atom stereocenters. The summed E-state index contributed by atoms with van der Waals surface area (Å²) in [4.78, 5) is 2.42. The predicted octanol–water partition coefficient (Wildman–Crippen LogP) is 4.23. The maximum atomic E-state index is 3.24. The van der Waals surface area contributed by atoms with Gasteiger partial charge in [-0.1, -0.05) is 44.2 Å². The van der Waals surface area contributed by atoms with Gasteiger partial charge in [-0.25, -0.2) is 0 Å². The summed E-state index contributed by atoms with van der Waals surface area (Å²) >= 11 is 2.04. The maximum absolute atomic E-state index is 3.24. The van der Waals surface area contributed by atoms with Crippen LogP contribution in [0.25, 0.3) is 0 Å². The highest BCUT2D eigenvalue weighted by atomic mass is 32.2. The van der Waals surface area contributed by atoms with Crippen molar-refractivity contribution >= 4 is 11.8 Å². The molecule has 1 unspecified atom stereocenters. The first kappa shape index (κ1) is 19.5. The fourth-order valence-electron chi connectivity index (χ4n) is 2.83. The van der Waals surface area contributed by atoms with Crippen molar-refractivity contribution in [2.75, 3.05) is 38.7 Å². The minimum absolute atomic E-state index is 0.803. The summed E-state index contributed by atoms with van der Waals surface area (Å²) in [6.07, 6.45) is 4.00. The molecule has 126 valence electrons. The predicted molar refractivity (Wildman–Crippen MR) is 102 cm³/mol. The molecule has 0 spiro atoms. The molecular weight excluding hydrogens is 288 g/mol. The third-order valence-corrected chi connectivity index (χ3v) is 5.49. The van der Waals surface area contributed by atoms with Crippen molar-refractivity contribution in [2.45, 2.75) is 45.1 Å². The Morgan fingerprint density at radius 1 is 1.05 bits per heavy atom. The highest BCUT2D eigenvalue weighted by Gasteiger charge is 2.17. The van der Waals surface area contributed by atoms with Gasteiger partial charge >= 0.3 is 0 Å². The van der Waals surface area contributed by atoms with Crippen molar-refractivity contribution in [3.8, 4) is 0 Å². The van der Waals surface area contributed by atoms with E-state index in [1.165, 1.54) is 49.4 Å². The number of likely N-dealkylation sites (tertiary alicyclic amines) is 1. The zero-order valence-corrected chi connectivity index (χ0v) is 15.7. The van der Waals surface area contributed by atoms with E-state index in [2.05, 4.69) is 47.6 Å². The number of nitrogens with one attached hydrogen (secondary N) is 1. The Kier molecular flexibility index (Phi) is 10.6. The van der Waals surface area contributed by atoms with Gasteiger partial charge in [-0.2, -0.15) is 11.8 Å². The molecular formula is C19H34N2S. The fourth-order valence-corrected chi connectivity index (χ4v) is 4.07. The first-order valence-corrected chi connectivity index (χ1v) is 9.93. The summed E-state index contributed by atoms with van der Waals surface area (Å²) in [7, 11) is 4.25. The van der Waals surface area contributed by atoms with E-state index >= 15 is 0 Å². The number of hydrogen-bond donors (Lipinski definition) is 1. The lowest BCUT2D eigenvalue weighted by molar-refractivity contribution is 0.255. The van der Waals surface area contributed by atoms with E-state index in [1.807, 2.05) is 32.7 Å². The molecule has 0 saturated carbocycles. The fraction of sp³-hybridized carbons (Fsp3) is 0.684. The third kappa shape index (κ3) is 7.17. The smallest absolute Gasteiger partial charge is 0.0163 e. The molecule has 2 fully saturated rings. The Bertz CT molecular complexity index is 355. The van der Waals surface area contributed by atoms with Crippen LogP contribution >= 0.6 is 11.8 Å². The van der Waals surface area contributed by atoms with Gasteiger partial charge in [0.05, 0.1) is 0 Å². The number of benzene rings is 1. The van der Waals surface area contributed by atoms with Gasteiger partial charge in [0.15, 0.2) is 0 Å². The normalized spacial score (nSPS) is 22.3. The first-order valence-electron chi connectivity index (χ1n) is 8.78. The third-order valence-electron chi connectivity index (χ3n) is 4.33. The van der Waals surface area contributed by atoms with Crippen LogP contribution in [0.4, 0.5) is 0 Å². The van der Waals surface area contributed by atoms with Crippen molar-refractivity contribution in [1.82, 2.24) is 10.2 Å². The molecule has 0 aromatic heterocycles. The van der Waals surface area contributed by atoms with Crippen LogP contribution in [0.5, 0.6) is 0 Å². The van der Waals surface area contributed by atoms with Gasteiger partial charge in [0.2, 0.25) is 0 Å². The van der Waals surface area contributed by atoms with Gasteiger partial charge in [-0.3, -0.25) is 0 Å². The Hall–Kier alpha value is -0.510. The van der Waals surface area contributed by atoms with Crippen LogP contribution in [-0.2, 0) is 0 Å². The second-order valence-corrected chi connectivity index (χ2v) is 6.99. The summed E-state index contributed by atoms with van der Waals surface area (Å²) < 4.78 is 0. The first-order chi connectivity index (χ1) is 10.8. The number of rotatable bonds is 2. The average molecular weight is 323 g/mol. The Labute approximate surface area is 142 Å². The van der Waals surface area contributed by atoms with Crippen LogP contribution in [0.2, 0.25) is 0 Å². The topological polar surface area (TPSA) is 15.3 Å². The van der Waals surface area contributed by atoms with Crippen LogP contribution in [0, 0.1) is 0 Å². The van der Waals surface area contributed by atoms with Crippen molar-refractivity contribution in [2.24, 2.45) is 0 Å². The summed E-state index contributed by atoms with van der Waals surface area (Å²) in [6.45, 7) is 6.50. The summed E-state index contributed by atoms with van der Waals surface area (Å²) in [5, 5.41) is 3.24. The molecule has 1 aromatic rings. The van der Waals surface area contributed by atoms with Crippen molar-refractivity contribution < 1.29 is 0 Å². The lowest BCUT2D eigenvalue weighted by Gasteiger charge is -2.29. The van der Waals surface area contributed by atoms with E-state index < -0.39 is 0 Å². The summed E-state index contributed by atoms with van der Waals surface area (Å²) in [6, 6.07) is 11.7. The van der Waals surface area contributed by atoms with E-state index in [0.29, 0.717) is 0 Å². The number of piperidine rings is 1. The Balaban J connectivity index is 0.000000228. The maximum Gasteiger partial charge on any atom is 0.0163 e. The minimum atomic E-state index is 0.803. The van der Waals surface area contributed by atoms with E-state index in [-0.39, 0.29) is 0 Å². The van der Waals surface area contributed by atoms with Gasteiger partial charge in [0.1, 0.15) is 0 Å². The molecule has 3 heteroatoms. The van der Waals surface area contributed by atoms with E-state index in [1.54, 1.807) is 0 Å². The molecule has 1 N–H and O–H groups in total. The molecule has 22 heavy (non-hydrogen) atoms. The zero-order chi connectivity index (χ0) is 16.2. The molecule has 2 aliphatic rings. The van der Waals surface area contributed by atoms with Gasteiger partial charge in [-0.15, -0.1) is 0 Å². The number of nitrogens with zero attached hydrogens (tertiary/aromatic N) is 1. The number of thioether (sulfide) groups is 1. The minimum Gasteiger partial charge on any atom is -0.316 e. The summed E-state index contributed by atoms with van der Waals surface area (Å²) in [5.74, 6) is 3.47. The second kappa shape index (κ2) is 12.0. The molecule has 0 aliphatic carbocycles. The molecule has 2 aliphatic heterocycles. The van der Waals surface area contributed by atoms with E-state index in [0.717, 1.165) is 12.0 Å². The quantitative estimate of drug-likeness (QED) is 0.877. The van der Waals surface area contributed by atoms with Crippen LogP contribution in [0.15, 0.2) is 30.3 Å². The lowest BCUT2D eigenvalue weighted by Crippen LogP contribution is -2.29. The SMILES string of the molecule is CC.CN1CCC(c2ccccc2)CC1.CNC1CCSC1. The van der Waals surface area contributed by atoms with Crippen molar-refractivity contribution in [1.29, 1.82) is 0 Å². The Morgan fingerprint density at radius 2 is 1.68 bits per heavy atom. The van der Waals surface area contributed by atoms with Gasteiger partial charge in [0.25, 0.3) is 0 Å². The van der Waals surface area contributed by atoms with Crippen LogP contribution in [0.1, 0.15) is 44.6 Å². The van der Waals surface area contributed by atoms with Crippen molar-refractivity contribution in [3.05, 3.63) is 35.9 Å². The van der Waals surface area contributed by atoms with Gasteiger partial charge in [-0.05, 0) is 63.7 Å². The second-order valence-electron chi connectivity index (χ2n) is 5.84. The molecule has 0 radical (unpaired) electrons. The molecule has 2 heterocycles. The summed E-state index contributed by atoms with van der Waals surface area (Å²) in [5.41, 5.74) is 1.52. The zero-order valence-electron chi connectivity index (χ0n) is 14.8. The standard InChI is InChI=1S/C12H17N.C5H11NS.C2H6/c1-13-9-7-12(8-10-13)11-5-3-2-4-6-11;1-6-5-2-3-7-4-5;1-2/h2-6,12H,7-10H2,1H3;5-6H,2-4H2,1H3;1-2H3. The van der Waals surface area contributed by atoms with E-state index in [9.17, 15) is 0 Å². The van der Waals surface area contributed by atoms with Crippen LogP contribution in [-0.4, -0.2) is 49.6 Å². The van der Waals surface area contributed by atoms with Crippen LogP contribution in [0.3, 0.4) is 0 Å². The van der Waals surface area contributed by atoms with Gasteiger partial charge < -0.3 is 10.2 Å². The highest BCUT2D eigenvalue weighted by Crippen LogP contribution is 2.26.